The average molecular weight is 379 g/mol. The topological polar surface area (TPSA) is 75.3 Å². The Bertz CT molecular complexity index is 933. The average Bonchev–Trinajstić information content (AvgIpc) is 2.86. The molecule has 0 amide bonds. The number of halogens is 2. The van der Waals surface area contributed by atoms with Crippen LogP contribution in [-0.4, -0.2) is 32.1 Å². The molecule has 0 bridgehead atoms. The van der Waals surface area contributed by atoms with Gasteiger partial charge >= 0.3 is 5.97 Å². The van der Waals surface area contributed by atoms with Crippen molar-refractivity contribution in [3.05, 3.63) is 63.3 Å². The fraction of sp³-hybridized carbons (Fsp3) is 0.222. The van der Waals surface area contributed by atoms with Gasteiger partial charge in [-0.3, -0.25) is 4.68 Å². The molecule has 1 heterocycles. The Morgan fingerprint density at radius 2 is 1.92 bits per heavy atom. The number of aliphatic carboxylic acids is 1. The summed E-state index contributed by atoms with van der Waals surface area (Å²) in [5.74, 6) is -1.24. The smallest absolute Gasteiger partial charge is 0.332 e. The fourth-order valence-corrected chi connectivity index (χ4v) is 3.29. The summed E-state index contributed by atoms with van der Waals surface area (Å²) < 4.78 is 1.79. The molecule has 0 radical (unpaired) electrons. The van der Waals surface area contributed by atoms with Gasteiger partial charge < -0.3 is 10.2 Å². The molecule has 1 aromatic heterocycles. The van der Waals surface area contributed by atoms with Gasteiger partial charge in [0, 0.05) is 27.4 Å². The molecule has 0 aliphatic rings. The zero-order valence-corrected chi connectivity index (χ0v) is 14.9. The third-order valence-corrected chi connectivity index (χ3v) is 4.79. The van der Waals surface area contributed by atoms with E-state index in [4.69, 9.17) is 28.3 Å². The Labute approximate surface area is 154 Å². The number of carboxylic acid groups (broad SMARTS) is 1. The van der Waals surface area contributed by atoms with Crippen molar-refractivity contribution in [3.8, 4) is 0 Å². The maximum absolute atomic E-state index is 10.9. The van der Waals surface area contributed by atoms with Gasteiger partial charge in [-0.1, -0.05) is 41.4 Å². The number of aromatic nitrogens is 2. The molecule has 130 valence electrons. The van der Waals surface area contributed by atoms with E-state index in [1.54, 1.807) is 28.9 Å². The van der Waals surface area contributed by atoms with E-state index in [1.807, 2.05) is 19.1 Å². The van der Waals surface area contributed by atoms with Crippen LogP contribution < -0.4 is 0 Å². The predicted octanol–water partition coefficient (Wildman–Crippen LogP) is 3.69. The number of aliphatic hydroxyl groups is 1. The number of aryl methyl sites for hydroxylation is 1. The van der Waals surface area contributed by atoms with Crippen LogP contribution in [0.2, 0.25) is 10.0 Å². The Morgan fingerprint density at radius 3 is 2.56 bits per heavy atom. The van der Waals surface area contributed by atoms with E-state index in [0.717, 1.165) is 22.2 Å². The lowest BCUT2D eigenvalue weighted by Gasteiger charge is -2.10. The highest BCUT2D eigenvalue weighted by atomic mass is 35.5. The molecule has 0 saturated carbocycles. The van der Waals surface area contributed by atoms with Gasteiger partial charge in [0.25, 0.3) is 0 Å². The van der Waals surface area contributed by atoms with Gasteiger partial charge in [0.1, 0.15) is 0 Å². The van der Waals surface area contributed by atoms with Crippen molar-refractivity contribution in [1.29, 1.82) is 0 Å². The minimum absolute atomic E-state index is 0.0301. The van der Waals surface area contributed by atoms with Gasteiger partial charge in [-0.2, -0.15) is 5.10 Å². The summed E-state index contributed by atoms with van der Waals surface area (Å²) in [7, 11) is 0. The molecule has 0 saturated heterocycles. The molecule has 0 spiro atoms. The van der Waals surface area contributed by atoms with Crippen LogP contribution >= 0.6 is 23.2 Å². The van der Waals surface area contributed by atoms with E-state index >= 15 is 0 Å². The Morgan fingerprint density at radius 1 is 1.24 bits per heavy atom. The second kappa shape index (κ2) is 7.04. The lowest BCUT2D eigenvalue weighted by Crippen LogP contribution is -2.21. The number of rotatable bonds is 5. The monoisotopic (exact) mass is 378 g/mol. The fourth-order valence-electron chi connectivity index (χ4n) is 2.78. The number of hydrogen-bond donors (Lipinski definition) is 2. The van der Waals surface area contributed by atoms with Crippen LogP contribution in [0.1, 0.15) is 16.8 Å². The minimum Gasteiger partial charge on any atom is -0.479 e. The van der Waals surface area contributed by atoms with Crippen LogP contribution in [0.4, 0.5) is 0 Å². The highest BCUT2D eigenvalue weighted by Crippen LogP contribution is 2.27. The zero-order valence-electron chi connectivity index (χ0n) is 13.4. The molecule has 0 aliphatic heterocycles. The van der Waals surface area contributed by atoms with Crippen molar-refractivity contribution in [2.24, 2.45) is 0 Å². The second-order valence-electron chi connectivity index (χ2n) is 5.85. The van der Waals surface area contributed by atoms with Gasteiger partial charge in [0.15, 0.2) is 6.10 Å². The first-order chi connectivity index (χ1) is 11.9. The highest BCUT2D eigenvalue weighted by Gasteiger charge is 2.16. The van der Waals surface area contributed by atoms with Gasteiger partial charge in [-0.05, 0) is 30.7 Å². The largest absolute Gasteiger partial charge is 0.479 e. The lowest BCUT2D eigenvalue weighted by atomic mass is 10.1. The van der Waals surface area contributed by atoms with Crippen molar-refractivity contribution in [3.63, 3.8) is 0 Å². The summed E-state index contributed by atoms with van der Waals surface area (Å²) in [5.41, 5.74) is 3.17. The third kappa shape index (κ3) is 3.63. The molecule has 1 unspecified atom stereocenters. The molecule has 2 N–H and O–H groups in total. The molecule has 25 heavy (non-hydrogen) atoms. The molecular formula is C18H16Cl2N2O3. The van der Waals surface area contributed by atoms with Crippen LogP contribution in [0.3, 0.4) is 0 Å². The standard InChI is InChI=1S/C18H16Cl2N2O3/c1-10-12-6-5-11(8-17(23)18(24)25)7-16(12)22(21-10)9-13-14(19)3-2-4-15(13)20/h2-7,17,23H,8-9H2,1H3,(H,24,25). The van der Waals surface area contributed by atoms with E-state index in [2.05, 4.69) is 5.10 Å². The summed E-state index contributed by atoms with van der Waals surface area (Å²) in [5, 5.41) is 25.1. The SMILES string of the molecule is Cc1nn(Cc2c(Cl)cccc2Cl)c2cc(CC(O)C(=O)O)ccc12. The van der Waals surface area contributed by atoms with Crippen molar-refractivity contribution in [1.82, 2.24) is 9.78 Å². The molecule has 3 aromatic rings. The first kappa shape index (κ1) is 17.7. The van der Waals surface area contributed by atoms with E-state index in [1.165, 1.54) is 0 Å². The number of hydrogen-bond acceptors (Lipinski definition) is 3. The minimum atomic E-state index is -1.44. The van der Waals surface area contributed by atoms with Gasteiger partial charge in [-0.25, -0.2) is 4.79 Å². The van der Waals surface area contributed by atoms with Crippen LogP contribution in [0.5, 0.6) is 0 Å². The summed E-state index contributed by atoms with van der Waals surface area (Å²) >= 11 is 12.5. The Hall–Kier alpha value is -2.08. The van der Waals surface area contributed by atoms with Gasteiger partial charge in [0.2, 0.25) is 0 Å². The number of carboxylic acids is 1. The first-order valence-corrected chi connectivity index (χ1v) is 8.42. The van der Waals surface area contributed by atoms with Crippen LogP contribution in [0.15, 0.2) is 36.4 Å². The van der Waals surface area contributed by atoms with Gasteiger partial charge in [-0.15, -0.1) is 0 Å². The van der Waals surface area contributed by atoms with Crippen molar-refractivity contribution >= 4 is 40.1 Å². The Kier molecular flexibility index (Phi) is 4.99. The van der Waals surface area contributed by atoms with E-state index in [9.17, 15) is 9.90 Å². The molecule has 5 nitrogen and oxygen atoms in total. The van der Waals surface area contributed by atoms with E-state index in [0.29, 0.717) is 22.2 Å². The lowest BCUT2D eigenvalue weighted by molar-refractivity contribution is -0.146. The second-order valence-corrected chi connectivity index (χ2v) is 6.67. The molecule has 7 heteroatoms. The summed E-state index contributed by atoms with van der Waals surface area (Å²) in [6, 6.07) is 10.9. The van der Waals surface area contributed by atoms with E-state index < -0.39 is 12.1 Å². The first-order valence-electron chi connectivity index (χ1n) is 7.66. The number of benzene rings is 2. The highest BCUT2D eigenvalue weighted by molar-refractivity contribution is 6.36. The molecular weight excluding hydrogens is 363 g/mol. The summed E-state index contributed by atoms with van der Waals surface area (Å²) in [6.45, 7) is 2.30. The molecule has 3 rings (SSSR count). The number of fused-ring (bicyclic) bond motifs is 1. The zero-order chi connectivity index (χ0) is 18.1. The predicted molar refractivity (Wildman–Crippen MR) is 97.4 cm³/mol. The van der Waals surface area contributed by atoms with Crippen molar-refractivity contribution < 1.29 is 15.0 Å². The number of carbonyl (C=O) groups is 1. The molecule has 0 fully saturated rings. The van der Waals surface area contributed by atoms with E-state index in [-0.39, 0.29) is 6.42 Å². The maximum Gasteiger partial charge on any atom is 0.332 e. The van der Waals surface area contributed by atoms with Crippen molar-refractivity contribution in [2.75, 3.05) is 0 Å². The maximum atomic E-state index is 10.9. The van der Waals surface area contributed by atoms with Crippen molar-refractivity contribution in [2.45, 2.75) is 26.0 Å². The number of nitrogens with zero attached hydrogens (tertiary/aromatic N) is 2. The quantitative estimate of drug-likeness (QED) is 0.709. The van der Waals surface area contributed by atoms with Gasteiger partial charge in [0.05, 0.1) is 17.8 Å². The van der Waals surface area contributed by atoms with Crippen LogP contribution in [0.25, 0.3) is 10.9 Å². The third-order valence-electron chi connectivity index (χ3n) is 4.08. The molecule has 0 aliphatic carbocycles. The number of aliphatic hydroxyl groups excluding tert-OH is 1. The Balaban J connectivity index is 2.02. The summed E-state index contributed by atoms with van der Waals surface area (Å²) in [6.07, 6.45) is -1.41. The molecule has 2 aromatic carbocycles. The molecule has 1 atom stereocenters. The van der Waals surface area contributed by atoms with Crippen LogP contribution in [0, 0.1) is 6.92 Å². The van der Waals surface area contributed by atoms with Crippen LogP contribution in [-0.2, 0) is 17.8 Å². The summed E-state index contributed by atoms with van der Waals surface area (Å²) in [4.78, 5) is 10.9. The normalized spacial score (nSPS) is 12.5.